The molecular weight excluding hydrogens is 831 g/mol. The lowest BCUT2D eigenvalue weighted by atomic mass is 9.76. The number of benzene rings is 10. The Morgan fingerprint density at radius 1 is 0.391 bits per heavy atom. The minimum atomic E-state index is -0.0873. The van der Waals surface area contributed by atoms with Gasteiger partial charge in [-0.1, -0.05) is 203 Å². The van der Waals surface area contributed by atoms with E-state index in [0.29, 0.717) is 0 Å². The molecule has 10 aromatic carbocycles. The average molecular weight is 884 g/mol. The molecule has 69 heavy (non-hydrogen) atoms. The molecule has 0 unspecified atom stereocenters. The van der Waals surface area contributed by atoms with E-state index in [2.05, 4.69) is 231 Å². The van der Waals surface area contributed by atoms with Gasteiger partial charge in [-0.3, -0.25) is 0 Å². The fraction of sp³-hybridized carbons (Fsp3) is 0.147. The van der Waals surface area contributed by atoms with Gasteiger partial charge in [-0.25, -0.2) is 0 Å². The third-order valence-corrected chi connectivity index (χ3v) is 16.7. The first-order valence-corrected chi connectivity index (χ1v) is 25.2. The minimum absolute atomic E-state index is 0.0681. The van der Waals surface area contributed by atoms with Crippen LogP contribution in [0.15, 0.2) is 224 Å². The first-order valence-electron chi connectivity index (χ1n) is 25.2. The van der Waals surface area contributed by atoms with E-state index in [4.69, 9.17) is 0 Å². The topological polar surface area (TPSA) is 3.24 Å². The number of hydrogen-bond acceptors (Lipinski definition) is 1. The minimum Gasteiger partial charge on any atom is -0.314 e. The van der Waals surface area contributed by atoms with E-state index in [0.717, 1.165) is 12.8 Å². The highest BCUT2D eigenvalue weighted by atomic mass is 15.1. The van der Waals surface area contributed by atoms with Crippen LogP contribution in [0.5, 0.6) is 0 Å². The van der Waals surface area contributed by atoms with E-state index in [1.165, 1.54) is 153 Å². The Hall–Kier alpha value is -7.74. The fourth-order valence-electron chi connectivity index (χ4n) is 13.6. The molecule has 0 aromatic heterocycles. The molecule has 1 nitrogen and oxygen atoms in total. The maximum Gasteiger partial charge on any atom is 0.0465 e. The zero-order chi connectivity index (χ0) is 45.8. The number of anilines is 2. The molecule has 10 aromatic rings. The summed E-state index contributed by atoms with van der Waals surface area (Å²) in [6.07, 6.45) is 9.52. The summed E-state index contributed by atoms with van der Waals surface area (Å²) in [5.41, 5.74) is 23.0. The van der Waals surface area contributed by atoms with Crippen LogP contribution in [0.2, 0.25) is 0 Å². The van der Waals surface area contributed by atoms with Crippen molar-refractivity contribution in [3.63, 3.8) is 0 Å². The highest BCUT2D eigenvalue weighted by Crippen LogP contribution is 2.59. The smallest absolute Gasteiger partial charge is 0.0465 e. The van der Waals surface area contributed by atoms with Crippen LogP contribution in [0.25, 0.3) is 82.4 Å². The number of nitrogens with zero attached hydrogens (tertiary/aromatic N) is 1. The Labute approximate surface area is 405 Å². The largest absolute Gasteiger partial charge is 0.314 e. The van der Waals surface area contributed by atoms with Crippen LogP contribution < -0.4 is 4.90 Å². The molecule has 0 bridgehead atoms. The van der Waals surface area contributed by atoms with E-state index in [1.54, 1.807) is 0 Å². The van der Waals surface area contributed by atoms with Crippen molar-refractivity contribution in [2.75, 3.05) is 4.90 Å². The molecule has 0 radical (unpaired) electrons. The molecule has 4 aliphatic rings. The van der Waals surface area contributed by atoms with Gasteiger partial charge in [0, 0.05) is 27.9 Å². The van der Waals surface area contributed by atoms with Gasteiger partial charge in [0.05, 0.1) is 0 Å². The van der Waals surface area contributed by atoms with Gasteiger partial charge in [0.25, 0.3) is 0 Å². The van der Waals surface area contributed by atoms with Crippen LogP contribution in [0, 0.1) is 0 Å². The van der Waals surface area contributed by atoms with Crippen molar-refractivity contribution < 1.29 is 0 Å². The van der Waals surface area contributed by atoms with E-state index < -0.39 is 0 Å². The summed E-state index contributed by atoms with van der Waals surface area (Å²) in [4.78, 5) is 2.65. The molecule has 1 fully saturated rings. The average Bonchev–Trinajstić information content (AvgIpc) is 4.08. The molecule has 0 atom stereocenters. The van der Waals surface area contributed by atoms with Crippen molar-refractivity contribution in [3.8, 4) is 44.5 Å². The predicted molar refractivity (Wildman–Crippen MR) is 292 cm³/mol. The van der Waals surface area contributed by atoms with Gasteiger partial charge >= 0.3 is 0 Å². The van der Waals surface area contributed by atoms with Gasteiger partial charge in [0.2, 0.25) is 0 Å². The van der Waals surface area contributed by atoms with E-state index in [9.17, 15) is 0 Å². The maximum atomic E-state index is 2.65. The highest BCUT2D eigenvalue weighted by Gasteiger charge is 2.45. The summed E-state index contributed by atoms with van der Waals surface area (Å²) in [5, 5.41) is 7.68. The summed E-state index contributed by atoms with van der Waals surface area (Å²) in [6, 6.07) is 78.2. The van der Waals surface area contributed by atoms with Crippen molar-refractivity contribution in [1.29, 1.82) is 0 Å². The summed E-state index contributed by atoms with van der Waals surface area (Å²) < 4.78 is 0. The van der Waals surface area contributed by atoms with Gasteiger partial charge in [-0.2, -0.15) is 0 Å². The van der Waals surface area contributed by atoms with E-state index in [-0.39, 0.29) is 10.8 Å². The third-order valence-electron chi connectivity index (χ3n) is 16.7. The quantitative estimate of drug-likeness (QED) is 0.150. The maximum absolute atomic E-state index is 2.65. The normalized spacial score (nSPS) is 16.2. The molecule has 1 spiro atoms. The molecule has 14 rings (SSSR count). The lowest BCUT2D eigenvalue weighted by Gasteiger charge is -2.34. The van der Waals surface area contributed by atoms with Crippen molar-refractivity contribution in [2.24, 2.45) is 0 Å². The first-order chi connectivity index (χ1) is 34.0. The fourth-order valence-corrected chi connectivity index (χ4v) is 13.6. The first kappa shape index (κ1) is 40.3. The standard InChI is InChI=1S/C68H53N/c1-67(2)60-30-16-14-27-51(60)53-35-32-48(41-62(53)67)69(49-33-36-54-52-28-15-17-31-61(52)68(63(54)42-49)38-18-19-39-68)47-34-37-56-59(40-47)50-26-12-13-29-55(50)65-58(45-22-8-4-9-23-45)43-57(44-20-6-3-7-21-44)64(66(56)65)46-24-10-5-11-25-46/h3-17,20-31,33-34,36-37,40-43H,18-19,32,35,38-39H2,1-2H3. The van der Waals surface area contributed by atoms with Crippen LogP contribution in [-0.2, 0) is 10.8 Å². The van der Waals surface area contributed by atoms with Crippen LogP contribution in [0.1, 0.15) is 74.6 Å². The summed E-state index contributed by atoms with van der Waals surface area (Å²) in [5.74, 6) is 0. The molecule has 0 aliphatic heterocycles. The second-order valence-corrected chi connectivity index (χ2v) is 20.6. The number of fused-ring (bicyclic) bond motifs is 13. The molecule has 330 valence electrons. The van der Waals surface area contributed by atoms with Gasteiger partial charge in [-0.05, 0) is 172 Å². The second-order valence-electron chi connectivity index (χ2n) is 20.6. The zero-order valence-corrected chi connectivity index (χ0v) is 39.4. The zero-order valence-electron chi connectivity index (χ0n) is 39.4. The van der Waals surface area contributed by atoms with Gasteiger partial charge < -0.3 is 4.90 Å². The van der Waals surface area contributed by atoms with E-state index in [1.807, 2.05) is 0 Å². The molecule has 1 heteroatoms. The van der Waals surface area contributed by atoms with Crippen LogP contribution >= 0.6 is 0 Å². The Morgan fingerprint density at radius 2 is 0.957 bits per heavy atom. The summed E-state index contributed by atoms with van der Waals surface area (Å²) in [6.45, 7) is 4.86. The van der Waals surface area contributed by atoms with Crippen LogP contribution in [0.4, 0.5) is 11.4 Å². The molecule has 0 N–H and O–H groups in total. The Kier molecular flexibility index (Phi) is 9.00. The third kappa shape index (κ3) is 5.96. The van der Waals surface area contributed by atoms with Crippen LogP contribution in [-0.4, -0.2) is 0 Å². The molecular formula is C68H53N. The molecule has 4 aliphatic carbocycles. The van der Waals surface area contributed by atoms with Crippen LogP contribution in [0.3, 0.4) is 0 Å². The molecule has 0 amide bonds. The lowest BCUT2D eigenvalue weighted by Crippen LogP contribution is -2.23. The highest BCUT2D eigenvalue weighted by molar-refractivity contribution is 6.33. The number of allylic oxidation sites excluding steroid dienone is 4. The summed E-state index contributed by atoms with van der Waals surface area (Å²) in [7, 11) is 0. The lowest BCUT2D eigenvalue weighted by molar-refractivity contribution is 0.550. The molecule has 0 saturated heterocycles. The Morgan fingerprint density at radius 3 is 1.70 bits per heavy atom. The number of rotatable bonds is 6. The number of hydrogen-bond donors (Lipinski definition) is 0. The van der Waals surface area contributed by atoms with Gasteiger partial charge in [0.1, 0.15) is 0 Å². The van der Waals surface area contributed by atoms with Crippen molar-refractivity contribution in [3.05, 3.63) is 246 Å². The molecule has 1 saturated carbocycles. The van der Waals surface area contributed by atoms with Gasteiger partial charge in [0.15, 0.2) is 0 Å². The summed E-state index contributed by atoms with van der Waals surface area (Å²) >= 11 is 0. The van der Waals surface area contributed by atoms with E-state index >= 15 is 0 Å². The van der Waals surface area contributed by atoms with Crippen molar-refractivity contribution in [1.82, 2.24) is 0 Å². The van der Waals surface area contributed by atoms with Crippen molar-refractivity contribution in [2.45, 2.75) is 63.2 Å². The predicted octanol–water partition coefficient (Wildman–Crippen LogP) is 18.5. The SMILES string of the molecule is CC1(C)C2=C(CCC(N(c3ccc4c(c3)C3(CCCC3)c3ccccc3-4)c3ccc4c(c3)c3ccccc3c3c(-c5ccccc5)cc(-c5ccccc5)c(-c5ccccc5)c43)=C2)c2ccccc21. The second kappa shape index (κ2) is 15.4. The Balaban J connectivity index is 1.07. The monoisotopic (exact) mass is 883 g/mol. The Bertz CT molecular complexity index is 3790. The van der Waals surface area contributed by atoms with Gasteiger partial charge in [-0.15, -0.1) is 0 Å². The molecule has 0 heterocycles. The van der Waals surface area contributed by atoms with Crippen molar-refractivity contribution >= 4 is 49.3 Å².